The minimum atomic E-state index is -0.700. The van der Waals surface area contributed by atoms with Gasteiger partial charge in [-0.2, -0.15) is 0 Å². The Labute approximate surface area is 177 Å². The summed E-state index contributed by atoms with van der Waals surface area (Å²) < 4.78 is 19.0. The van der Waals surface area contributed by atoms with Crippen LogP contribution in [0.3, 0.4) is 0 Å². The Hall–Kier alpha value is -2.60. The Morgan fingerprint density at radius 2 is 1.67 bits per heavy atom. The van der Waals surface area contributed by atoms with Gasteiger partial charge < -0.3 is 19.6 Å². The Balaban J connectivity index is 1.58. The fourth-order valence-electron chi connectivity index (χ4n) is 4.75. The lowest BCUT2D eigenvalue weighted by atomic mass is 9.61. The van der Waals surface area contributed by atoms with E-state index in [0.29, 0.717) is 25.9 Å². The van der Waals surface area contributed by atoms with E-state index in [2.05, 4.69) is 12.1 Å². The quantitative estimate of drug-likeness (QED) is 0.775. The molecule has 2 aromatic carbocycles. The van der Waals surface area contributed by atoms with Crippen LogP contribution in [0.25, 0.3) is 0 Å². The van der Waals surface area contributed by atoms with Crippen LogP contribution in [-0.4, -0.2) is 41.0 Å². The number of rotatable bonds is 2. The van der Waals surface area contributed by atoms with Crippen LogP contribution in [0.4, 0.5) is 14.9 Å². The van der Waals surface area contributed by atoms with E-state index in [1.165, 1.54) is 12.1 Å². The molecule has 1 spiro atoms. The van der Waals surface area contributed by atoms with Crippen LogP contribution in [0, 0.1) is 11.2 Å². The van der Waals surface area contributed by atoms with Gasteiger partial charge in [0, 0.05) is 24.2 Å². The number of nitrogens with zero attached hydrogens (tertiary/aromatic N) is 2. The third-order valence-corrected chi connectivity index (χ3v) is 6.19. The maximum Gasteiger partial charge on any atom is 0.410 e. The van der Waals surface area contributed by atoms with Gasteiger partial charge >= 0.3 is 6.09 Å². The van der Waals surface area contributed by atoms with Crippen LogP contribution in [0.5, 0.6) is 0 Å². The second-order valence-electron chi connectivity index (χ2n) is 9.27. The molecule has 2 unspecified atom stereocenters. The molecule has 2 saturated heterocycles. The fraction of sp³-hybridized carbons (Fsp3) is 0.458. The highest BCUT2D eigenvalue weighted by molar-refractivity contribution is 5.68. The van der Waals surface area contributed by atoms with Gasteiger partial charge in [0.1, 0.15) is 17.6 Å². The Kier molecular flexibility index (Phi) is 5.22. The van der Waals surface area contributed by atoms with E-state index in [9.17, 15) is 14.3 Å². The average Bonchev–Trinajstić information content (AvgIpc) is 2.72. The lowest BCUT2D eigenvalue weighted by Gasteiger charge is -2.64. The van der Waals surface area contributed by atoms with Gasteiger partial charge in [0.05, 0.1) is 6.04 Å². The predicted octanol–water partition coefficient (Wildman–Crippen LogP) is 4.72. The summed E-state index contributed by atoms with van der Waals surface area (Å²) in [5.74, 6) is -0.301. The number of anilines is 1. The molecule has 1 amide bonds. The van der Waals surface area contributed by atoms with Crippen LogP contribution in [0.1, 0.15) is 45.2 Å². The molecule has 2 aliphatic rings. The molecule has 30 heavy (non-hydrogen) atoms. The molecular formula is C24H29FN2O3. The molecule has 0 aromatic heterocycles. The van der Waals surface area contributed by atoms with Gasteiger partial charge in [-0.1, -0.05) is 30.3 Å². The highest BCUT2D eigenvalue weighted by Gasteiger charge is 2.61. The molecule has 2 aromatic rings. The summed E-state index contributed by atoms with van der Waals surface area (Å²) >= 11 is 0. The van der Waals surface area contributed by atoms with Crippen molar-refractivity contribution in [1.82, 2.24) is 4.90 Å². The zero-order valence-corrected chi connectivity index (χ0v) is 17.7. The molecule has 2 fully saturated rings. The molecule has 6 heteroatoms. The van der Waals surface area contributed by atoms with Crippen molar-refractivity contribution in [2.45, 2.75) is 51.5 Å². The van der Waals surface area contributed by atoms with E-state index in [-0.39, 0.29) is 23.4 Å². The van der Waals surface area contributed by atoms with E-state index < -0.39 is 11.8 Å². The van der Waals surface area contributed by atoms with E-state index >= 15 is 0 Å². The largest absolute Gasteiger partial charge is 0.444 e. The molecule has 0 aliphatic carbocycles. The second kappa shape index (κ2) is 7.58. The van der Waals surface area contributed by atoms with Crippen molar-refractivity contribution in [1.29, 1.82) is 0 Å². The first kappa shape index (κ1) is 20.7. The zero-order chi connectivity index (χ0) is 21.5. The van der Waals surface area contributed by atoms with Gasteiger partial charge in [0.2, 0.25) is 0 Å². The van der Waals surface area contributed by atoms with Crippen molar-refractivity contribution in [2.75, 3.05) is 18.0 Å². The summed E-state index contributed by atoms with van der Waals surface area (Å²) in [4.78, 5) is 16.2. The number of likely N-dealkylation sites (tertiary alicyclic amines) is 1. The minimum Gasteiger partial charge on any atom is -0.444 e. The lowest BCUT2D eigenvalue weighted by molar-refractivity contribution is -0.116. The number of carbonyl (C=O) groups excluding carboxylic acids is 1. The van der Waals surface area contributed by atoms with E-state index in [0.717, 1.165) is 11.3 Å². The van der Waals surface area contributed by atoms with Gasteiger partial charge in [-0.25, -0.2) is 9.18 Å². The third kappa shape index (κ3) is 3.65. The molecule has 2 atom stereocenters. The van der Waals surface area contributed by atoms with E-state index in [1.807, 2.05) is 43.9 Å². The Morgan fingerprint density at radius 1 is 1.07 bits per heavy atom. The van der Waals surface area contributed by atoms with Crippen LogP contribution >= 0.6 is 0 Å². The first-order valence-corrected chi connectivity index (χ1v) is 10.5. The topological polar surface area (TPSA) is 53.0 Å². The maximum absolute atomic E-state index is 13.4. The van der Waals surface area contributed by atoms with Gasteiger partial charge in [0.15, 0.2) is 0 Å². The van der Waals surface area contributed by atoms with Crippen molar-refractivity contribution >= 4 is 11.8 Å². The summed E-state index contributed by atoms with van der Waals surface area (Å²) in [5.41, 5.74) is 0.998. The number of amides is 1. The molecule has 2 aliphatic heterocycles. The first-order chi connectivity index (χ1) is 14.2. The summed E-state index contributed by atoms with van der Waals surface area (Å²) in [6.07, 6.45) is 0.335. The smallest absolute Gasteiger partial charge is 0.410 e. The predicted molar refractivity (Wildman–Crippen MR) is 114 cm³/mol. The summed E-state index contributed by atoms with van der Waals surface area (Å²) in [7, 11) is 0. The summed E-state index contributed by atoms with van der Waals surface area (Å²) in [6.45, 7) is 6.65. The number of hydrogen-bond donors (Lipinski definition) is 1. The highest BCUT2D eigenvalue weighted by Crippen LogP contribution is 2.59. The number of halogens is 1. The van der Waals surface area contributed by atoms with E-state index in [1.54, 1.807) is 17.0 Å². The van der Waals surface area contributed by atoms with Crippen LogP contribution < -0.4 is 4.90 Å². The number of aliphatic hydroxyl groups is 1. The average molecular weight is 413 g/mol. The fourth-order valence-corrected chi connectivity index (χ4v) is 4.75. The second-order valence-corrected chi connectivity index (χ2v) is 9.27. The number of piperidine rings is 1. The number of hydrogen-bond acceptors (Lipinski definition) is 4. The molecule has 2 heterocycles. The molecule has 4 rings (SSSR count). The Morgan fingerprint density at radius 3 is 2.23 bits per heavy atom. The normalized spacial score (nSPS) is 23.2. The van der Waals surface area contributed by atoms with Crippen molar-refractivity contribution in [2.24, 2.45) is 5.41 Å². The maximum atomic E-state index is 13.4. The third-order valence-electron chi connectivity index (χ3n) is 6.19. The zero-order valence-electron chi connectivity index (χ0n) is 17.7. The SMILES string of the molecule is CC(C)(C)OC(=O)N1CCC2(CC1)C(O)N(c1ccc(F)cc1)C2c1ccccc1. The van der Waals surface area contributed by atoms with Crippen LogP contribution in [0.15, 0.2) is 54.6 Å². The first-order valence-electron chi connectivity index (χ1n) is 10.5. The molecule has 160 valence electrons. The lowest BCUT2D eigenvalue weighted by Crippen LogP contribution is -2.69. The number of benzene rings is 2. The van der Waals surface area contributed by atoms with Crippen molar-refractivity contribution < 1.29 is 19.0 Å². The molecule has 1 N–H and O–H groups in total. The molecule has 0 saturated carbocycles. The van der Waals surface area contributed by atoms with Gasteiger partial charge in [-0.3, -0.25) is 0 Å². The molecule has 0 radical (unpaired) electrons. The van der Waals surface area contributed by atoms with E-state index in [4.69, 9.17) is 4.74 Å². The van der Waals surface area contributed by atoms with Gasteiger partial charge in [0.25, 0.3) is 0 Å². The number of aliphatic hydroxyl groups excluding tert-OH is 1. The van der Waals surface area contributed by atoms with Crippen molar-refractivity contribution in [3.63, 3.8) is 0 Å². The van der Waals surface area contributed by atoms with Crippen molar-refractivity contribution in [3.8, 4) is 0 Å². The molecular weight excluding hydrogens is 383 g/mol. The summed E-state index contributed by atoms with van der Waals surface area (Å²) in [5, 5.41) is 11.2. The monoisotopic (exact) mass is 412 g/mol. The molecule has 0 bridgehead atoms. The highest BCUT2D eigenvalue weighted by atomic mass is 19.1. The minimum absolute atomic E-state index is 0.0417. The van der Waals surface area contributed by atoms with Gasteiger partial charge in [-0.15, -0.1) is 0 Å². The Bertz CT molecular complexity index is 887. The number of carbonyl (C=O) groups is 1. The standard InChI is InChI=1S/C24H29FN2O3/c1-23(2,3)30-22(29)26-15-13-24(14-16-26)20(17-7-5-4-6-8-17)27(21(24)28)19-11-9-18(25)10-12-19/h4-12,20-21,28H,13-16H2,1-3H3. The van der Waals surface area contributed by atoms with Crippen LogP contribution in [0.2, 0.25) is 0 Å². The number of ether oxygens (including phenoxy) is 1. The van der Waals surface area contributed by atoms with Gasteiger partial charge in [-0.05, 0) is 63.4 Å². The molecule has 5 nitrogen and oxygen atoms in total. The summed E-state index contributed by atoms with van der Waals surface area (Å²) in [6, 6.07) is 16.3. The van der Waals surface area contributed by atoms with Crippen molar-refractivity contribution in [3.05, 3.63) is 66.0 Å². The van der Waals surface area contributed by atoms with Crippen LogP contribution in [-0.2, 0) is 4.74 Å².